The number of methoxy groups -OCH3 is 1. The molecule has 3 heteroatoms. The summed E-state index contributed by atoms with van der Waals surface area (Å²) in [4.78, 5) is 13.1. The molecule has 0 saturated carbocycles. The van der Waals surface area contributed by atoms with Crippen LogP contribution < -0.4 is 0 Å². The molecule has 1 unspecified atom stereocenters. The number of likely N-dealkylation sites (tertiary alicyclic amines) is 1. The Balaban J connectivity index is 2.39. The van der Waals surface area contributed by atoms with E-state index in [9.17, 15) is 4.79 Å². The molecule has 64 valence electrons. The Labute approximate surface area is 67.3 Å². The molecule has 11 heavy (non-hydrogen) atoms. The van der Waals surface area contributed by atoms with Crippen LogP contribution >= 0.6 is 0 Å². The number of nitrogens with zero attached hydrogens (tertiary/aromatic N) is 1. The molecule has 3 nitrogen and oxygen atoms in total. The highest BCUT2D eigenvalue weighted by Crippen LogP contribution is 2.15. The Morgan fingerprint density at radius 1 is 1.73 bits per heavy atom. The zero-order valence-electron chi connectivity index (χ0n) is 7.17. The van der Waals surface area contributed by atoms with Crippen LogP contribution in [0.5, 0.6) is 0 Å². The lowest BCUT2D eigenvalue weighted by Crippen LogP contribution is -2.36. The van der Waals surface area contributed by atoms with E-state index in [2.05, 4.69) is 6.92 Å². The highest BCUT2D eigenvalue weighted by atomic mass is 16.5. The third-order valence-electron chi connectivity index (χ3n) is 2.14. The largest absolute Gasteiger partial charge is 0.375 e. The van der Waals surface area contributed by atoms with Crippen LogP contribution in [-0.4, -0.2) is 37.1 Å². The van der Waals surface area contributed by atoms with E-state index in [4.69, 9.17) is 4.74 Å². The summed E-state index contributed by atoms with van der Waals surface area (Å²) in [5.74, 6) is 0.123. The highest BCUT2D eigenvalue weighted by molar-refractivity contribution is 5.78. The van der Waals surface area contributed by atoms with Crippen molar-refractivity contribution in [3.8, 4) is 0 Å². The molecule has 0 N–H and O–H groups in total. The molecule has 0 radical (unpaired) electrons. The van der Waals surface area contributed by atoms with Gasteiger partial charge in [0, 0.05) is 19.7 Å². The molecular formula is C8H15NO2. The van der Waals surface area contributed by atoms with E-state index in [1.54, 1.807) is 7.11 Å². The molecule has 1 saturated heterocycles. The smallest absolute Gasteiger partial charge is 0.248 e. The highest BCUT2D eigenvalue weighted by Gasteiger charge is 2.24. The fourth-order valence-electron chi connectivity index (χ4n) is 1.51. The minimum absolute atomic E-state index is 0.123. The summed E-state index contributed by atoms with van der Waals surface area (Å²) in [5.41, 5.74) is 0. The fraction of sp³-hybridized carbons (Fsp3) is 0.875. The summed E-state index contributed by atoms with van der Waals surface area (Å²) in [6.45, 7) is 3.22. The van der Waals surface area contributed by atoms with Crippen molar-refractivity contribution in [2.24, 2.45) is 0 Å². The minimum atomic E-state index is 0.123. The van der Waals surface area contributed by atoms with Gasteiger partial charge in [-0.05, 0) is 19.8 Å². The molecule has 1 rings (SSSR count). The number of carbonyl (C=O) groups excluding carboxylic acids is 1. The Bertz CT molecular complexity index is 147. The third kappa shape index (κ3) is 1.93. The zero-order valence-corrected chi connectivity index (χ0v) is 7.17. The average Bonchev–Trinajstić information content (AvgIpc) is 2.36. The van der Waals surface area contributed by atoms with Crippen LogP contribution in [0.15, 0.2) is 0 Å². The monoisotopic (exact) mass is 157 g/mol. The van der Waals surface area contributed by atoms with Crippen LogP contribution in [0.25, 0.3) is 0 Å². The van der Waals surface area contributed by atoms with Crippen molar-refractivity contribution < 1.29 is 9.53 Å². The SMILES string of the molecule is COCC(=O)N1CCCC1C. The molecule has 1 aliphatic rings. The van der Waals surface area contributed by atoms with Crippen molar-refractivity contribution in [3.05, 3.63) is 0 Å². The normalized spacial score (nSPS) is 24.2. The summed E-state index contributed by atoms with van der Waals surface area (Å²) in [7, 11) is 1.55. The molecule has 0 aromatic rings. The van der Waals surface area contributed by atoms with E-state index < -0.39 is 0 Å². The Hall–Kier alpha value is -0.570. The Morgan fingerprint density at radius 3 is 2.91 bits per heavy atom. The quantitative estimate of drug-likeness (QED) is 0.589. The van der Waals surface area contributed by atoms with Gasteiger partial charge in [0.05, 0.1) is 0 Å². The van der Waals surface area contributed by atoms with Crippen molar-refractivity contribution in [1.82, 2.24) is 4.90 Å². The number of ether oxygens (including phenoxy) is 1. The standard InChI is InChI=1S/C8H15NO2/c1-7-4-3-5-9(7)8(10)6-11-2/h7H,3-6H2,1-2H3. The molecule has 0 bridgehead atoms. The number of hydrogen-bond donors (Lipinski definition) is 0. The molecule has 1 heterocycles. The first-order chi connectivity index (χ1) is 5.25. The predicted molar refractivity (Wildman–Crippen MR) is 42.3 cm³/mol. The van der Waals surface area contributed by atoms with Crippen LogP contribution in [0.2, 0.25) is 0 Å². The molecule has 1 aliphatic heterocycles. The van der Waals surface area contributed by atoms with E-state index in [0.717, 1.165) is 19.4 Å². The van der Waals surface area contributed by atoms with Crippen molar-refractivity contribution in [2.75, 3.05) is 20.3 Å². The average molecular weight is 157 g/mol. The summed E-state index contributed by atoms with van der Waals surface area (Å²) in [5, 5.41) is 0. The number of hydrogen-bond acceptors (Lipinski definition) is 2. The predicted octanol–water partition coefficient (Wildman–Crippen LogP) is 0.644. The summed E-state index contributed by atoms with van der Waals surface area (Å²) in [6.07, 6.45) is 2.27. The molecule has 0 aliphatic carbocycles. The van der Waals surface area contributed by atoms with Crippen LogP contribution in [0.4, 0.5) is 0 Å². The lowest BCUT2D eigenvalue weighted by Gasteiger charge is -2.20. The van der Waals surface area contributed by atoms with Gasteiger partial charge >= 0.3 is 0 Å². The van der Waals surface area contributed by atoms with Gasteiger partial charge in [0.2, 0.25) is 5.91 Å². The zero-order chi connectivity index (χ0) is 8.27. The van der Waals surface area contributed by atoms with Gasteiger partial charge in [0.1, 0.15) is 6.61 Å². The number of carbonyl (C=O) groups is 1. The molecule has 1 atom stereocenters. The third-order valence-corrected chi connectivity index (χ3v) is 2.14. The van der Waals surface area contributed by atoms with Gasteiger partial charge in [-0.1, -0.05) is 0 Å². The van der Waals surface area contributed by atoms with Gasteiger partial charge < -0.3 is 9.64 Å². The van der Waals surface area contributed by atoms with Gasteiger partial charge in [-0.2, -0.15) is 0 Å². The van der Waals surface area contributed by atoms with Crippen LogP contribution in [0.3, 0.4) is 0 Å². The summed E-state index contributed by atoms with van der Waals surface area (Å²) >= 11 is 0. The fourth-order valence-corrected chi connectivity index (χ4v) is 1.51. The van der Waals surface area contributed by atoms with Crippen molar-refractivity contribution in [3.63, 3.8) is 0 Å². The van der Waals surface area contributed by atoms with Gasteiger partial charge in [0.25, 0.3) is 0 Å². The molecule has 0 spiro atoms. The van der Waals surface area contributed by atoms with Gasteiger partial charge in [-0.3, -0.25) is 4.79 Å². The number of rotatable bonds is 2. The number of amides is 1. The second-order valence-corrected chi connectivity index (χ2v) is 3.01. The van der Waals surface area contributed by atoms with E-state index in [1.165, 1.54) is 0 Å². The lowest BCUT2D eigenvalue weighted by atomic mass is 10.2. The first-order valence-electron chi connectivity index (χ1n) is 4.04. The Kier molecular flexibility index (Phi) is 2.88. The first-order valence-corrected chi connectivity index (χ1v) is 4.04. The van der Waals surface area contributed by atoms with E-state index in [1.807, 2.05) is 4.90 Å². The van der Waals surface area contributed by atoms with Crippen LogP contribution in [0, 0.1) is 0 Å². The molecule has 1 amide bonds. The minimum Gasteiger partial charge on any atom is -0.375 e. The van der Waals surface area contributed by atoms with E-state index in [0.29, 0.717) is 6.04 Å². The second kappa shape index (κ2) is 3.72. The summed E-state index contributed by atoms with van der Waals surface area (Å²) in [6, 6.07) is 0.414. The van der Waals surface area contributed by atoms with Gasteiger partial charge in [-0.25, -0.2) is 0 Å². The van der Waals surface area contributed by atoms with Crippen molar-refractivity contribution in [2.45, 2.75) is 25.8 Å². The van der Waals surface area contributed by atoms with Crippen molar-refractivity contribution >= 4 is 5.91 Å². The lowest BCUT2D eigenvalue weighted by molar-refractivity contribution is -0.135. The molecule has 1 fully saturated rings. The van der Waals surface area contributed by atoms with Gasteiger partial charge in [-0.15, -0.1) is 0 Å². The van der Waals surface area contributed by atoms with Gasteiger partial charge in [0.15, 0.2) is 0 Å². The summed E-state index contributed by atoms with van der Waals surface area (Å²) < 4.78 is 4.77. The van der Waals surface area contributed by atoms with Crippen LogP contribution in [-0.2, 0) is 9.53 Å². The molecule has 0 aromatic heterocycles. The maximum Gasteiger partial charge on any atom is 0.248 e. The van der Waals surface area contributed by atoms with E-state index in [-0.39, 0.29) is 12.5 Å². The topological polar surface area (TPSA) is 29.5 Å². The maximum absolute atomic E-state index is 11.3. The molecule has 0 aromatic carbocycles. The first kappa shape index (κ1) is 8.53. The van der Waals surface area contributed by atoms with E-state index >= 15 is 0 Å². The second-order valence-electron chi connectivity index (χ2n) is 3.01. The Morgan fingerprint density at radius 2 is 2.45 bits per heavy atom. The molecular weight excluding hydrogens is 142 g/mol. The maximum atomic E-state index is 11.3. The van der Waals surface area contributed by atoms with Crippen molar-refractivity contribution in [1.29, 1.82) is 0 Å². The van der Waals surface area contributed by atoms with Crippen LogP contribution in [0.1, 0.15) is 19.8 Å².